The molecule has 1 aromatic rings. The second kappa shape index (κ2) is 4.22. The molecular weight excluding hydrogens is 183 g/mol. The highest BCUT2D eigenvalue weighted by Crippen LogP contribution is 2.29. The third kappa shape index (κ3) is 2.31. The molecule has 3 heteroatoms. The van der Waals surface area contributed by atoms with Gasteiger partial charge in [-0.2, -0.15) is 0 Å². The maximum Gasteiger partial charge on any atom is 0.496 e. The molecule has 0 saturated heterocycles. The number of benzene rings is 1. The first-order valence-corrected chi connectivity index (χ1v) is 4.52. The topological polar surface area (TPSA) is 26.3 Å². The fourth-order valence-electron chi connectivity index (χ4n) is 1.30. The summed E-state index contributed by atoms with van der Waals surface area (Å²) in [6, 6.07) is 9.14. The predicted octanol–water partition coefficient (Wildman–Crippen LogP) is 3.42. The Balaban J connectivity index is 2.95. The predicted molar refractivity (Wildman–Crippen MR) is 51.7 cm³/mol. The quantitative estimate of drug-likeness (QED) is 0.692. The van der Waals surface area contributed by atoms with Gasteiger partial charge in [-0.25, -0.2) is 4.79 Å². The van der Waals surface area contributed by atoms with Crippen LogP contribution in [-0.2, 0) is 10.3 Å². The average Bonchev–Trinajstić information content (AvgIpc) is 2.18. The Morgan fingerprint density at radius 1 is 1.43 bits per heavy atom. The maximum atomic E-state index is 12.2. The van der Waals surface area contributed by atoms with Crippen molar-refractivity contribution in [2.75, 3.05) is 0 Å². The zero-order chi connectivity index (χ0) is 10.6. The molecule has 0 saturated carbocycles. The molecule has 0 heterocycles. The highest BCUT2D eigenvalue weighted by Gasteiger charge is 2.28. The molecular formula is C11H13FO2. The van der Waals surface area contributed by atoms with E-state index in [0.717, 1.165) is 5.56 Å². The smallest absolute Gasteiger partial charge is 0.429 e. The van der Waals surface area contributed by atoms with Crippen molar-refractivity contribution in [3.05, 3.63) is 35.9 Å². The number of halogens is 1. The molecule has 1 aromatic carbocycles. The minimum atomic E-state index is -1.74. The van der Waals surface area contributed by atoms with E-state index in [9.17, 15) is 9.18 Å². The van der Waals surface area contributed by atoms with Gasteiger partial charge < -0.3 is 4.74 Å². The molecule has 0 amide bonds. The second-order valence-corrected chi connectivity index (χ2v) is 3.29. The van der Waals surface area contributed by atoms with Gasteiger partial charge >= 0.3 is 6.22 Å². The lowest BCUT2D eigenvalue weighted by molar-refractivity contribution is 0.00325. The van der Waals surface area contributed by atoms with Crippen LogP contribution < -0.4 is 0 Å². The molecule has 1 atom stereocenters. The summed E-state index contributed by atoms with van der Waals surface area (Å²) >= 11 is 0. The van der Waals surface area contributed by atoms with Crippen LogP contribution in [0.3, 0.4) is 0 Å². The highest BCUT2D eigenvalue weighted by atomic mass is 19.1. The summed E-state index contributed by atoms with van der Waals surface area (Å²) in [5.74, 6) is 0. The standard InChI is InChI=1S/C11H13FO2/c1-3-11(2,14-10(12)13)9-7-5-4-6-8-9/h4-8H,3H2,1-2H3. The van der Waals surface area contributed by atoms with E-state index < -0.39 is 11.8 Å². The SMILES string of the molecule is CCC(C)(OC(=O)F)c1ccccc1. The van der Waals surface area contributed by atoms with E-state index in [1.807, 2.05) is 37.3 Å². The number of rotatable bonds is 3. The molecule has 1 rings (SSSR count). The Morgan fingerprint density at radius 2 is 2.00 bits per heavy atom. The van der Waals surface area contributed by atoms with Crippen molar-refractivity contribution >= 4 is 6.22 Å². The zero-order valence-corrected chi connectivity index (χ0v) is 8.29. The molecule has 0 radical (unpaired) electrons. The minimum absolute atomic E-state index is 0.534. The average molecular weight is 196 g/mol. The molecule has 0 spiro atoms. The van der Waals surface area contributed by atoms with Gasteiger partial charge in [0, 0.05) is 0 Å². The zero-order valence-electron chi connectivity index (χ0n) is 8.29. The first-order valence-electron chi connectivity index (χ1n) is 4.52. The molecule has 0 aliphatic heterocycles. The summed E-state index contributed by atoms with van der Waals surface area (Å²) in [5.41, 5.74) is -0.0684. The van der Waals surface area contributed by atoms with Gasteiger partial charge in [0.2, 0.25) is 0 Å². The Kier molecular flexibility index (Phi) is 3.23. The Morgan fingerprint density at radius 3 is 2.43 bits per heavy atom. The van der Waals surface area contributed by atoms with Crippen molar-refractivity contribution < 1.29 is 13.9 Å². The fourth-order valence-corrected chi connectivity index (χ4v) is 1.30. The maximum absolute atomic E-state index is 12.2. The van der Waals surface area contributed by atoms with Crippen molar-refractivity contribution in [3.8, 4) is 0 Å². The Hall–Kier alpha value is -1.38. The van der Waals surface area contributed by atoms with E-state index in [0.29, 0.717) is 6.42 Å². The van der Waals surface area contributed by atoms with Gasteiger partial charge in [-0.05, 0) is 18.9 Å². The van der Waals surface area contributed by atoms with Crippen LogP contribution in [0, 0.1) is 0 Å². The Bertz CT molecular complexity index is 310. The molecule has 0 bridgehead atoms. The lowest BCUT2D eigenvalue weighted by Crippen LogP contribution is -2.26. The summed E-state index contributed by atoms with van der Waals surface area (Å²) in [6.45, 7) is 3.54. The van der Waals surface area contributed by atoms with Gasteiger partial charge in [0.05, 0.1) is 0 Å². The third-order valence-corrected chi connectivity index (χ3v) is 2.36. The molecule has 14 heavy (non-hydrogen) atoms. The van der Waals surface area contributed by atoms with Crippen molar-refractivity contribution in [2.24, 2.45) is 0 Å². The molecule has 2 nitrogen and oxygen atoms in total. The normalized spacial score (nSPS) is 14.5. The van der Waals surface area contributed by atoms with Crippen LogP contribution in [0.1, 0.15) is 25.8 Å². The summed E-state index contributed by atoms with van der Waals surface area (Å²) in [4.78, 5) is 10.3. The van der Waals surface area contributed by atoms with Gasteiger partial charge in [0.25, 0.3) is 0 Å². The largest absolute Gasteiger partial charge is 0.496 e. The Labute approximate surface area is 82.7 Å². The summed E-state index contributed by atoms with van der Waals surface area (Å²) in [5, 5.41) is 0. The fraction of sp³-hybridized carbons (Fsp3) is 0.364. The van der Waals surface area contributed by atoms with Crippen LogP contribution in [0.15, 0.2) is 30.3 Å². The number of ether oxygens (including phenoxy) is 1. The first kappa shape index (κ1) is 10.7. The van der Waals surface area contributed by atoms with Gasteiger partial charge in [-0.15, -0.1) is 4.39 Å². The molecule has 0 N–H and O–H groups in total. The van der Waals surface area contributed by atoms with Gasteiger partial charge in [0.1, 0.15) is 5.60 Å². The van der Waals surface area contributed by atoms with Crippen molar-refractivity contribution in [1.29, 1.82) is 0 Å². The van der Waals surface area contributed by atoms with Crippen molar-refractivity contribution in [3.63, 3.8) is 0 Å². The van der Waals surface area contributed by atoms with Crippen LogP contribution >= 0.6 is 0 Å². The van der Waals surface area contributed by atoms with E-state index in [2.05, 4.69) is 4.74 Å². The van der Waals surface area contributed by atoms with Crippen LogP contribution in [0.4, 0.5) is 9.18 Å². The number of carbonyl (C=O) groups excluding carboxylic acids is 1. The summed E-state index contributed by atoms with van der Waals surface area (Å²) in [6.07, 6.45) is -1.20. The van der Waals surface area contributed by atoms with Crippen molar-refractivity contribution in [1.82, 2.24) is 0 Å². The van der Waals surface area contributed by atoms with Gasteiger partial charge in [0.15, 0.2) is 0 Å². The van der Waals surface area contributed by atoms with E-state index in [1.165, 1.54) is 0 Å². The van der Waals surface area contributed by atoms with Crippen LogP contribution in [0.5, 0.6) is 0 Å². The van der Waals surface area contributed by atoms with Crippen molar-refractivity contribution in [2.45, 2.75) is 25.9 Å². The second-order valence-electron chi connectivity index (χ2n) is 3.29. The van der Waals surface area contributed by atoms with E-state index >= 15 is 0 Å². The van der Waals surface area contributed by atoms with Crippen LogP contribution in [0.2, 0.25) is 0 Å². The number of hydrogen-bond acceptors (Lipinski definition) is 2. The lowest BCUT2D eigenvalue weighted by atomic mass is 9.93. The van der Waals surface area contributed by atoms with Gasteiger partial charge in [-0.1, -0.05) is 37.3 Å². The van der Waals surface area contributed by atoms with E-state index in [4.69, 9.17) is 0 Å². The van der Waals surface area contributed by atoms with E-state index in [-0.39, 0.29) is 0 Å². The minimum Gasteiger partial charge on any atom is -0.429 e. The highest BCUT2D eigenvalue weighted by molar-refractivity contribution is 5.59. The van der Waals surface area contributed by atoms with Crippen LogP contribution in [0.25, 0.3) is 0 Å². The number of carbonyl (C=O) groups is 1. The first-order chi connectivity index (χ1) is 6.58. The molecule has 0 aromatic heterocycles. The molecule has 0 fully saturated rings. The molecule has 1 unspecified atom stereocenters. The molecule has 76 valence electrons. The monoisotopic (exact) mass is 196 g/mol. The third-order valence-electron chi connectivity index (χ3n) is 2.36. The van der Waals surface area contributed by atoms with Gasteiger partial charge in [-0.3, -0.25) is 0 Å². The number of hydrogen-bond donors (Lipinski definition) is 0. The molecule has 0 aliphatic carbocycles. The van der Waals surface area contributed by atoms with E-state index in [1.54, 1.807) is 6.92 Å². The summed E-state index contributed by atoms with van der Waals surface area (Å²) < 4.78 is 16.9. The molecule has 0 aliphatic rings. The van der Waals surface area contributed by atoms with Crippen LogP contribution in [-0.4, -0.2) is 6.22 Å². The summed E-state index contributed by atoms with van der Waals surface area (Å²) in [7, 11) is 0. The lowest BCUT2D eigenvalue weighted by Gasteiger charge is -2.26.